The van der Waals surface area contributed by atoms with Crippen LogP contribution < -0.4 is 4.74 Å². The number of benzene rings is 1. The van der Waals surface area contributed by atoms with Gasteiger partial charge in [-0.2, -0.15) is 13.2 Å². The van der Waals surface area contributed by atoms with E-state index in [1.807, 2.05) is 0 Å². The van der Waals surface area contributed by atoms with Gasteiger partial charge in [0.1, 0.15) is 5.75 Å². The van der Waals surface area contributed by atoms with E-state index in [0.29, 0.717) is 5.56 Å². The molecule has 0 radical (unpaired) electrons. The first-order valence-corrected chi connectivity index (χ1v) is 6.14. The molecule has 1 aromatic carbocycles. The summed E-state index contributed by atoms with van der Waals surface area (Å²) in [7, 11) is 0. The van der Waals surface area contributed by atoms with Crippen molar-refractivity contribution in [2.75, 3.05) is 0 Å². The van der Waals surface area contributed by atoms with Crippen LogP contribution in [0, 0.1) is 13.8 Å². The summed E-state index contributed by atoms with van der Waals surface area (Å²) < 4.78 is 48.0. The molecular weight excluding hydrogens is 313 g/mol. The number of carbonyl (C=O) groups is 1. The predicted octanol–water partition coefficient (Wildman–Crippen LogP) is 4.32. The molecule has 8 heteroatoms. The summed E-state index contributed by atoms with van der Waals surface area (Å²) in [6.45, 7) is 3.39. The summed E-state index contributed by atoms with van der Waals surface area (Å²) in [5, 5.41) is 8.58. The number of rotatable bonds is 1. The Morgan fingerprint density at radius 3 is 2.57 bits per heavy atom. The Hall–Kier alpha value is -1.89. The lowest BCUT2D eigenvalue weighted by Crippen LogP contribution is -2.39. The molecule has 0 amide bonds. The lowest BCUT2D eigenvalue weighted by molar-refractivity contribution is -0.191. The van der Waals surface area contributed by atoms with Gasteiger partial charge in [-0.3, -0.25) is 0 Å². The number of hydrogen-bond donors (Lipinski definition) is 1. The fourth-order valence-electron chi connectivity index (χ4n) is 1.97. The molecule has 4 nitrogen and oxygen atoms in total. The molecule has 0 saturated carbocycles. The van der Waals surface area contributed by atoms with Gasteiger partial charge in [0.15, 0.2) is 5.76 Å². The van der Waals surface area contributed by atoms with Gasteiger partial charge in [0.05, 0.1) is 5.02 Å². The van der Waals surface area contributed by atoms with E-state index in [4.69, 9.17) is 21.4 Å². The largest absolute Gasteiger partial charge is 0.511 e. The highest BCUT2D eigenvalue weighted by atomic mass is 35.5. The maximum Gasteiger partial charge on any atom is 0.511 e. The molecule has 1 unspecified atom stereocenters. The van der Waals surface area contributed by atoms with Crippen LogP contribution in [-0.4, -0.2) is 23.5 Å². The fraction of sp³-hybridized carbons (Fsp3) is 0.308. The first-order chi connectivity index (χ1) is 9.61. The van der Waals surface area contributed by atoms with Crippen molar-refractivity contribution in [1.82, 2.24) is 0 Å². The van der Waals surface area contributed by atoms with Crippen LogP contribution in [0.15, 0.2) is 11.8 Å². The third kappa shape index (κ3) is 2.92. The molecule has 0 saturated heterocycles. The second kappa shape index (κ2) is 5.14. The molecule has 0 fully saturated rings. The van der Waals surface area contributed by atoms with Gasteiger partial charge in [-0.05, 0) is 37.1 Å². The number of carboxylic acid groups (broad SMARTS) is 1. The first kappa shape index (κ1) is 15.5. The zero-order valence-corrected chi connectivity index (χ0v) is 11.7. The van der Waals surface area contributed by atoms with Crippen molar-refractivity contribution in [2.24, 2.45) is 0 Å². The summed E-state index contributed by atoms with van der Waals surface area (Å²) in [6.07, 6.45) is -8.19. The smallest absolute Gasteiger partial charge is 0.471 e. The maximum atomic E-state index is 13.0. The van der Waals surface area contributed by atoms with Crippen molar-refractivity contribution in [1.29, 1.82) is 0 Å². The third-order valence-corrected chi connectivity index (χ3v) is 3.36. The number of hydrogen-bond acceptors (Lipinski definition) is 3. The molecule has 1 aliphatic heterocycles. The number of ether oxygens (including phenoxy) is 2. The quantitative estimate of drug-likeness (QED) is 0.782. The molecule has 1 atom stereocenters. The SMILES string of the molecule is Cc1cc(Cl)c2c(c1C)C=C(OC(=O)O)C(C(F)(F)F)O2. The van der Waals surface area contributed by atoms with E-state index in [1.54, 1.807) is 13.8 Å². The predicted molar refractivity (Wildman–Crippen MR) is 68.5 cm³/mol. The van der Waals surface area contributed by atoms with Gasteiger partial charge in [0.2, 0.25) is 0 Å². The lowest BCUT2D eigenvalue weighted by Gasteiger charge is -2.29. The van der Waals surface area contributed by atoms with Crippen LogP contribution in [0.2, 0.25) is 5.02 Å². The maximum absolute atomic E-state index is 13.0. The number of alkyl halides is 3. The lowest BCUT2D eigenvalue weighted by atomic mass is 9.98. The average Bonchev–Trinajstić information content (AvgIpc) is 2.33. The zero-order chi connectivity index (χ0) is 15.9. The Balaban J connectivity index is 2.62. The summed E-state index contributed by atoms with van der Waals surface area (Å²) in [6, 6.07) is 1.49. The monoisotopic (exact) mass is 322 g/mol. The Kier molecular flexibility index (Phi) is 3.79. The highest BCUT2D eigenvalue weighted by molar-refractivity contribution is 6.32. The van der Waals surface area contributed by atoms with Crippen LogP contribution in [-0.2, 0) is 4.74 Å². The van der Waals surface area contributed by atoms with E-state index in [0.717, 1.165) is 11.6 Å². The van der Waals surface area contributed by atoms with Crippen LogP contribution in [0.4, 0.5) is 18.0 Å². The van der Waals surface area contributed by atoms with E-state index < -0.39 is 24.2 Å². The second-order valence-electron chi connectivity index (χ2n) is 4.50. The van der Waals surface area contributed by atoms with Crippen molar-refractivity contribution < 1.29 is 32.5 Å². The van der Waals surface area contributed by atoms with Gasteiger partial charge in [0, 0.05) is 5.56 Å². The second-order valence-corrected chi connectivity index (χ2v) is 4.90. The Morgan fingerprint density at radius 1 is 1.43 bits per heavy atom. The highest BCUT2D eigenvalue weighted by Gasteiger charge is 2.48. The minimum atomic E-state index is -4.83. The standard InChI is InChI=1S/C13H10ClF3O4/c1-5-3-8(14)10-7(6(5)2)4-9(20-12(18)19)11(21-10)13(15,16)17/h3-4,11H,1-2H3,(H,18,19). The van der Waals surface area contributed by atoms with Gasteiger partial charge in [-0.15, -0.1) is 0 Å². The van der Waals surface area contributed by atoms with Crippen LogP contribution in [0.5, 0.6) is 5.75 Å². The minimum absolute atomic E-state index is 0.0213. The summed E-state index contributed by atoms with van der Waals surface area (Å²) in [4.78, 5) is 10.6. The average molecular weight is 323 g/mol. The molecule has 21 heavy (non-hydrogen) atoms. The van der Waals surface area contributed by atoms with E-state index in [1.165, 1.54) is 6.07 Å². The molecule has 1 N–H and O–H groups in total. The summed E-state index contributed by atoms with van der Waals surface area (Å²) in [5.74, 6) is -0.980. The normalized spacial score (nSPS) is 17.6. The topological polar surface area (TPSA) is 55.8 Å². The van der Waals surface area contributed by atoms with E-state index in [9.17, 15) is 18.0 Å². The Bertz CT molecular complexity index is 637. The molecule has 0 spiro atoms. The van der Waals surface area contributed by atoms with Gasteiger partial charge in [0.25, 0.3) is 6.10 Å². The van der Waals surface area contributed by atoms with Gasteiger partial charge >= 0.3 is 12.3 Å². The number of fused-ring (bicyclic) bond motifs is 1. The minimum Gasteiger partial charge on any atom is -0.471 e. The molecule has 0 bridgehead atoms. The molecule has 0 aromatic heterocycles. The van der Waals surface area contributed by atoms with Crippen molar-refractivity contribution in [3.63, 3.8) is 0 Å². The molecular formula is C13H10ClF3O4. The van der Waals surface area contributed by atoms with Gasteiger partial charge in [-0.25, -0.2) is 4.79 Å². The summed E-state index contributed by atoms with van der Waals surface area (Å²) >= 11 is 5.91. The molecule has 0 aliphatic carbocycles. The van der Waals surface area contributed by atoms with Gasteiger partial charge < -0.3 is 14.6 Å². The number of halogens is 4. The fourth-order valence-corrected chi connectivity index (χ4v) is 2.28. The van der Waals surface area contributed by atoms with E-state index in [-0.39, 0.29) is 16.3 Å². The Morgan fingerprint density at radius 2 is 2.05 bits per heavy atom. The summed E-state index contributed by atoms with van der Waals surface area (Å²) in [5.41, 5.74) is 1.64. The van der Waals surface area contributed by atoms with Crippen molar-refractivity contribution in [2.45, 2.75) is 26.1 Å². The Labute approximate surface area is 122 Å². The third-order valence-electron chi connectivity index (χ3n) is 3.08. The first-order valence-electron chi connectivity index (χ1n) is 5.76. The van der Waals surface area contributed by atoms with Crippen molar-refractivity contribution in [3.05, 3.63) is 33.5 Å². The van der Waals surface area contributed by atoms with Crippen LogP contribution in [0.3, 0.4) is 0 Å². The van der Waals surface area contributed by atoms with Crippen LogP contribution in [0.25, 0.3) is 6.08 Å². The van der Waals surface area contributed by atoms with Crippen LogP contribution in [0.1, 0.15) is 16.7 Å². The molecule has 1 heterocycles. The molecule has 1 aliphatic rings. The van der Waals surface area contributed by atoms with Crippen LogP contribution >= 0.6 is 11.6 Å². The molecule has 114 valence electrons. The van der Waals surface area contributed by atoms with Gasteiger partial charge in [-0.1, -0.05) is 11.6 Å². The highest BCUT2D eigenvalue weighted by Crippen LogP contribution is 2.43. The van der Waals surface area contributed by atoms with E-state index >= 15 is 0 Å². The number of aryl methyl sites for hydroxylation is 1. The van der Waals surface area contributed by atoms with Crippen molar-refractivity contribution in [3.8, 4) is 5.75 Å². The molecule has 1 aromatic rings. The zero-order valence-electron chi connectivity index (χ0n) is 10.9. The molecule has 2 rings (SSSR count). The van der Waals surface area contributed by atoms with Crippen molar-refractivity contribution >= 4 is 23.8 Å². The van der Waals surface area contributed by atoms with E-state index in [2.05, 4.69) is 4.74 Å².